The molecule has 100 valence electrons. The van der Waals surface area contributed by atoms with E-state index in [1.54, 1.807) is 0 Å². The number of halogens is 1. The van der Waals surface area contributed by atoms with Crippen molar-refractivity contribution in [2.24, 2.45) is 0 Å². The summed E-state index contributed by atoms with van der Waals surface area (Å²) in [4.78, 5) is 13.0. The van der Waals surface area contributed by atoms with Crippen molar-refractivity contribution in [1.82, 2.24) is 4.90 Å². The lowest BCUT2D eigenvalue weighted by atomic mass is 10.0. The largest absolute Gasteiger partial charge is 0.481 e. The van der Waals surface area contributed by atoms with E-state index in [4.69, 9.17) is 5.11 Å². The number of carboxylic acid groups (broad SMARTS) is 1. The molecular formula is C14H20INO2. The van der Waals surface area contributed by atoms with Crippen molar-refractivity contribution < 1.29 is 9.90 Å². The molecule has 0 saturated heterocycles. The van der Waals surface area contributed by atoms with Gasteiger partial charge in [0.25, 0.3) is 0 Å². The highest BCUT2D eigenvalue weighted by Crippen LogP contribution is 2.24. The fraction of sp³-hybridized carbons (Fsp3) is 0.500. The summed E-state index contributed by atoms with van der Waals surface area (Å²) in [5.74, 6) is -0.740. The minimum atomic E-state index is -0.740. The van der Waals surface area contributed by atoms with Gasteiger partial charge in [-0.3, -0.25) is 9.69 Å². The summed E-state index contributed by atoms with van der Waals surface area (Å²) in [5, 5.41) is 8.89. The van der Waals surface area contributed by atoms with Gasteiger partial charge in [-0.25, -0.2) is 0 Å². The number of hydrogen-bond acceptors (Lipinski definition) is 2. The molecule has 2 unspecified atom stereocenters. The highest BCUT2D eigenvalue weighted by atomic mass is 127. The first-order valence-corrected chi connectivity index (χ1v) is 7.26. The number of aliphatic carboxylic acids is 1. The van der Waals surface area contributed by atoms with E-state index in [0.29, 0.717) is 0 Å². The van der Waals surface area contributed by atoms with Crippen LogP contribution in [-0.4, -0.2) is 28.6 Å². The van der Waals surface area contributed by atoms with Crippen LogP contribution in [0, 0.1) is 3.57 Å². The van der Waals surface area contributed by atoms with Gasteiger partial charge in [0, 0.05) is 15.7 Å². The molecule has 1 N–H and O–H groups in total. The summed E-state index contributed by atoms with van der Waals surface area (Å²) in [7, 11) is 0. The molecule has 0 amide bonds. The Hall–Kier alpha value is -0.620. The molecular weight excluding hydrogens is 341 g/mol. The zero-order valence-corrected chi connectivity index (χ0v) is 13.2. The SMILES string of the molecule is CCN(C(C)CC(=O)O)C(C)c1ccc(I)cc1. The zero-order chi connectivity index (χ0) is 13.7. The van der Waals surface area contributed by atoms with Gasteiger partial charge in [-0.05, 0) is 60.7 Å². The van der Waals surface area contributed by atoms with Crippen molar-refractivity contribution in [3.63, 3.8) is 0 Å². The molecule has 0 aromatic heterocycles. The molecule has 0 aliphatic carbocycles. The van der Waals surface area contributed by atoms with Crippen LogP contribution in [0.25, 0.3) is 0 Å². The molecule has 1 rings (SSSR count). The average Bonchev–Trinajstić information content (AvgIpc) is 2.29. The van der Waals surface area contributed by atoms with Gasteiger partial charge >= 0.3 is 5.97 Å². The van der Waals surface area contributed by atoms with Crippen molar-refractivity contribution in [1.29, 1.82) is 0 Å². The number of rotatable bonds is 6. The number of hydrogen-bond donors (Lipinski definition) is 1. The van der Waals surface area contributed by atoms with Crippen molar-refractivity contribution in [2.45, 2.75) is 39.3 Å². The lowest BCUT2D eigenvalue weighted by molar-refractivity contribution is -0.138. The maximum atomic E-state index is 10.8. The van der Waals surface area contributed by atoms with Crippen molar-refractivity contribution in [3.05, 3.63) is 33.4 Å². The first kappa shape index (κ1) is 15.4. The minimum absolute atomic E-state index is 0.0433. The maximum absolute atomic E-state index is 10.8. The molecule has 18 heavy (non-hydrogen) atoms. The third kappa shape index (κ3) is 4.24. The monoisotopic (exact) mass is 361 g/mol. The van der Waals surface area contributed by atoms with Crippen LogP contribution in [0.15, 0.2) is 24.3 Å². The van der Waals surface area contributed by atoms with E-state index >= 15 is 0 Å². The van der Waals surface area contributed by atoms with Gasteiger partial charge in [0.2, 0.25) is 0 Å². The van der Waals surface area contributed by atoms with Crippen LogP contribution >= 0.6 is 22.6 Å². The Morgan fingerprint density at radius 2 is 1.89 bits per heavy atom. The molecule has 0 heterocycles. The van der Waals surface area contributed by atoms with Crippen LogP contribution in [0.5, 0.6) is 0 Å². The van der Waals surface area contributed by atoms with Gasteiger partial charge in [0.05, 0.1) is 6.42 Å². The quantitative estimate of drug-likeness (QED) is 0.788. The Bertz CT molecular complexity index is 391. The van der Waals surface area contributed by atoms with Crippen LogP contribution in [0.2, 0.25) is 0 Å². The fourth-order valence-electron chi connectivity index (χ4n) is 2.27. The fourth-order valence-corrected chi connectivity index (χ4v) is 2.63. The van der Waals surface area contributed by atoms with Crippen LogP contribution in [0.4, 0.5) is 0 Å². The Balaban J connectivity index is 2.81. The van der Waals surface area contributed by atoms with Gasteiger partial charge in [0.1, 0.15) is 0 Å². The third-order valence-corrected chi connectivity index (χ3v) is 3.97. The molecule has 4 heteroatoms. The van der Waals surface area contributed by atoms with Gasteiger partial charge in [-0.1, -0.05) is 19.1 Å². The Morgan fingerprint density at radius 1 is 1.33 bits per heavy atom. The topological polar surface area (TPSA) is 40.5 Å². The van der Waals surface area contributed by atoms with Crippen molar-refractivity contribution >= 4 is 28.6 Å². The van der Waals surface area contributed by atoms with Gasteiger partial charge < -0.3 is 5.11 Å². The summed E-state index contributed by atoms with van der Waals surface area (Å²) >= 11 is 2.28. The van der Waals surface area contributed by atoms with Crippen LogP contribution in [0.1, 0.15) is 38.8 Å². The minimum Gasteiger partial charge on any atom is -0.481 e. The Morgan fingerprint density at radius 3 is 2.33 bits per heavy atom. The summed E-state index contributed by atoms with van der Waals surface area (Å²) < 4.78 is 1.21. The van der Waals surface area contributed by atoms with Gasteiger partial charge in [-0.15, -0.1) is 0 Å². The normalized spacial score (nSPS) is 14.5. The van der Waals surface area contributed by atoms with E-state index < -0.39 is 5.97 Å². The summed E-state index contributed by atoms with van der Waals surface area (Å²) in [6.45, 7) is 7.02. The molecule has 2 atom stereocenters. The molecule has 0 bridgehead atoms. The number of nitrogens with zero attached hydrogens (tertiary/aromatic N) is 1. The Labute approximate surface area is 122 Å². The molecule has 1 aromatic rings. The van der Waals surface area contributed by atoms with Crippen molar-refractivity contribution in [3.8, 4) is 0 Å². The molecule has 3 nitrogen and oxygen atoms in total. The zero-order valence-electron chi connectivity index (χ0n) is 11.1. The van der Waals surface area contributed by atoms with E-state index in [2.05, 4.69) is 65.6 Å². The molecule has 1 aromatic carbocycles. The highest BCUT2D eigenvalue weighted by molar-refractivity contribution is 14.1. The van der Waals surface area contributed by atoms with E-state index in [-0.39, 0.29) is 18.5 Å². The number of carbonyl (C=O) groups is 1. The van der Waals surface area contributed by atoms with Crippen LogP contribution in [-0.2, 0) is 4.79 Å². The standard InChI is InChI=1S/C14H20INO2/c1-4-16(10(2)9-14(17)18)11(3)12-5-7-13(15)8-6-12/h5-8,10-11H,4,9H2,1-3H3,(H,17,18). The van der Waals surface area contributed by atoms with E-state index in [0.717, 1.165) is 6.54 Å². The van der Waals surface area contributed by atoms with Crippen molar-refractivity contribution in [2.75, 3.05) is 6.54 Å². The molecule has 0 spiro atoms. The average molecular weight is 361 g/mol. The highest BCUT2D eigenvalue weighted by Gasteiger charge is 2.21. The smallest absolute Gasteiger partial charge is 0.304 e. The first-order chi connectivity index (χ1) is 8.45. The lowest BCUT2D eigenvalue weighted by Gasteiger charge is -2.33. The second-order valence-electron chi connectivity index (χ2n) is 4.50. The van der Waals surface area contributed by atoms with Crippen LogP contribution < -0.4 is 0 Å². The Kier molecular flexibility index (Phi) is 6.08. The lowest BCUT2D eigenvalue weighted by Crippen LogP contribution is -2.36. The van der Waals surface area contributed by atoms with Gasteiger partial charge in [0.15, 0.2) is 0 Å². The molecule has 0 aliphatic rings. The van der Waals surface area contributed by atoms with Crippen LogP contribution in [0.3, 0.4) is 0 Å². The predicted octanol–water partition coefficient (Wildman–Crippen LogP) is 3.54. The molecule has 0 radical (unpaired) electrons. The predicted molar refractivity (Wildman–Crippen MR) is 81.7 cm³/mol. The maximum Gasteiger partial charge on any atom is 0.304 e. The number of carboxylic acids is 1. The molecule has 0 fully saturated rings. The second-order valence-corrected chi connectivity index (χ2v) is 5.75. The summed E-state index contributed by atoms with van der Waals surface area (Å²) in [5.41, 5.74) is 1.23. The molecule has 0 saturated carbocycles. The van der Waals surface area contributed by atoms with Gasteiger partial charge in [-0.2, -0.15) is 0 Å². The van der Waals surface area contributed by atoms with E-state index in [9.17, 15) is 4.79 Å². The first-order valence-electron chi connectivity index (χ1n) is 6.18. The van der Waals surface area contributed by atoms with E-state index in [1.165, 1.54) is 9.13 Å². The second kappa shape index (κ2) is 7.09. The number of benzene rings is 1. The van der Waals surface area contributed by atoms with E-state index in [1.807, 2.05) is 6.92 Å². The summed E-state index contributed by atoms with van der Waals surface area (Å²) in [6, 6.07) is 8.68. The summed E-state index contributed by atoms with van der Waals surface area (Å²) in [6.07, 6.45) is 0.183. The molecule has 0 aliphatic heterocycles. The third-order valence-electron chi connectivity index (χ3n) is 3.25.